The highest BCUT2D eigenvalue weighted by molar-refractivity contribution is 6.04. The number of anilines is 1. The van der Waals surface area contributed by atoms with Crippen molar-refractivity contribution in [2.45, 2.75) is 20.3 Å². The number of ether oxygens (including phenoxy) is 2. The van der Waals surface area contributed by atoms with Crippen molar-refractivity contribution in [2.75, 3.05) is 25.2 Å². The van der Waals surface area contributed by atoms with E-state index >= 15 is 0 Å². The van der Waals surface area contributed by atoms with Crippen LogP contribution in [0.3, 0.4) is 0 Å². The number of amides is 1. The summed E-state index contributed by atoms with van der Waals surface area (Å²) < 4.78 is 10.7. The summed E-state index contributed by atoms with van der Waals surface area (Å²) in [6.07, 6.45) is 0.276. The number of hydrogen-bond donors (Lipinski definition) is 0. The van der Waals surface area contributed by atoms with Crippen LogP contribution in [0, 0.1) is 5.92 Å². The quantitative estimate of drug-likeness (QED) is 0.544. The third-order valence-corrected chi connectivity index (χ3v) is 4.49. The average Bonchev–Trinajstić information content (AvgIpc) is 2.97. The van der Waals surface area contributed by atoms with E-state index in [1.165, 1.54) is 0 Å². The number of benzene rings is 2. The number of fused-ring (bicyclic) bond motifs is 1. The molecule has 1 aliphatic rings. The number of likely N-dealkylation sites (N-methyl/N-ethyl adjacent to an activating group) is 1. The fourth-order valence-corrected chi connectivity index (χ4v) is 2.89. The van der Waals surface area contributed by atoms with Gasteiger partial charge in [0.25, 0.3) is 0 Å². The predicted octanol–water partition coefficient (Wildman–Crippen LogP) is 3.28. The first-order valence-corrected chi connectivity index (χ1v) is 9.18. The van der Waals surface area contributed by atoms with E-state index in [1.54, 1.807) is 54.4 Å². The first kappa shape index (κ1) is 19.6. The van der Waals surface area contributed by atoms with Crippen molar-refractivity contribution >= 4 is 23.3 Å². The highest BCUT2D eigenvalue weighted by Gasteiger charge is 2.25. The largest absolute Gasteiger partial charge is 0.493 e. The molecule has 6 nitrogen and oxygen atoms in total. The molecule has 0 atom stereocenters. The molecule has 146 valence electrons. The zero-order valence-electron chi connectivity index (χ0n) is 16.2. The van der Waals surface area contributed by atoms with Crippen LogP contribution in [0.5, 0.6) is 5.75 Å². The fraction of sp³-hybridized carbons (Fsp3) is 0.318. The van der Waals surface area contributed by atoms with Crippen molar-refractivity contribution in [1.82, 2.24) is 0 Å². The zero-order valence-corrected chi connectivity index (χ0v) is 16.2. The van der Waals surface area contributed by atoms with E-state index in [1.807, 2.05) is 0 Å². The van der Waals surface area contributed by atoms with E-state index in [-0.39, 0.29) is 24.7 Å². The Morgan fingerprint density at radius 3 is 2.43 bits per heavy atom. The molecule has 0 saturated heterocycles. The van der Waals surface area contributed by atoms with Gasteiger partial charge in [0, 0.05) is 18.3 Å². The molecular formula is C22H23NO5. The first-order chi connectivity index (χ1) is 13.3. The molecule has 0 N–H and O–H groups in total. The summed E-state index contributed by atoms with van der Waals surface area (Å²) in [6, 6.07) is 11.7. The number of esters is 1. The summed E-state index contributed by atoms with van der Waals surface area (Å²) in [5.41, 5.74) is 2.39. The number of carbonyl (C=O) groups excluding carboxylic acids is 3. The topological polar surface area (TPSA) is 72.9 Å². The Morgan fingerprint density at radius 2 is 1.75 bits per heavy atom. The van der Waals surface area contributed by atoms with E-state index in [0.29, 0.717) is 29.4 Å². The lowest BCUT2D eigenvalue weighted by Crippen LogP contribution is -2.20. The molecular weight excluding hydrogens is 358 g/mol. The molecule has 0 aromatic heterocycles. The molecule has 0 unspecified atom stereocenters. The van der Waals surface area contributed by atoms with Crippen LogP contribution < -0.4 is 9.64 Å². The van der Waals surface area contributed by atoms with Crippen molar-refractivity contribution in [3.63, 3.8) is 0 Å². The smallest absolute Gasteiger partial charge is 0.338 e. The van der Waals surface area contributed by atoms with Gasteiger partial charge in [0.2, 0.25) is 5.91 Å². The summed E-state index contributed by atoms with van der Waals surface area (Å²) >= 11 is 0. The Labute approximate surface area is 164 Å². The molecule has 28 heavy (non-hydrogen) atoms. The van der Waals surface area contributed by atoms with Gasteiger partial charge in [-0.25, -0.2) is 4.79 Å². The van der Waals surface area contributed by atoms with E-state index in [9.17, 15) is 14.4 Å². The minimum atomic E-state index is -0.570. The molecule has 0 bridgehead atoms. The van der Waals surface area contributed by atoms with Crippen molar-refractivity contribution in [3.8, 4) is 5.75 Å². The Kier molecular flexibility index (Phi) is 5.78. The fourth-order valence-electron chi connectivity index (χ4n) is 2.89. The highest BCUT2D eigenvalue weighted by Crippen LogP contribution is 2.28. The molecule has 2 aromatic carbocycles. The summed E-state index contributed by atoms with van der Waals surface area (Å²) in [4.78, 5) is 37.8. The van der Waals surface area contributed by atoms with E-state index in [2.05, 4.69) is 13.8 Å². The van der Waals surface area contributed by atoms with Gasteiger partial charge in [-0.05, 0) is 53.9 Å². The van der Waals surface area contributed by atoms with Gasteiger partial charge >= 0.3 is 5.97 Å². The minimum absolute atomic E-state index is 0.00755. The van der Waals surface area contributed by atoms with Crippen molar-refractivity contribution in [3.05, 3.63) is 59.2 Å². The molecule has 3 rings (SSSR count). The maximum atomic E-state index is 12.4. The normalized spacial score (nSPS) is 12.9. The van der Waals surface area contributed by atoms with Crippen molar-refractivity contribution in [1.29, 1.82) is 0 Å². The summed E-state index contributed by atoms with van der Waals surface area (Å²) in [5, 5.41) is 0. The second-order valence-corrected chi connectivity index (χ2v) is 7.20. The van der Waals surface area contributed by atoms with Crippen LogP contribution >= 0.6 is 0 Å². The lowest BCUT2D eigenvalue weighted by molar-refractivity contribution is -0.117. The van der Waals surface area contributed by atoms with Gasteiger partial charge in [0.05, 0.1) is 18.6 Å². The monoisotopic (exact) mass is 381 g/mol. The van der Waals surface area contributed by atoms with Crippen LogP contribution in [0.4, 0.5) is 5.69 Å². The molecule has 1 aliphatic heterocycles. The maximum Gasteiger partial charge on any atom is 0.338 e. The molecule has 1 amide bonds. The molecule has 1 heterocycles. The van der Waals surface area contributed by atoms with Gasteiger partial charge in [-0.1, -0.05) is 13.8 Å². The Bertz CT molecular complexity index is 902. The second kappa shape index (κ2) is 8.25. The Morgan fingerprint density at radius 1 is 1.07 bits per heavy atom. The van der Waals surface area contributed by atoms with Crippen LogP contribution in [-0.2, 0) is 16.0 Å². The third-order valence-electron chi connectivity index (χ3n) is 4.49. The van der Waals surface area contributed by atoms with Gasteiger partial charge in [0.15, 0.2) is 12.4 Å². The number of Topliss-reactive ketones (excluding diaryl/α,β-unsaturated/α-hetero) is 1. The number of nitrogens with zero attached hydrogens (tertiary/aromatic N) is 1. The molecule has 2 aromatic rings. The number of carbonyl (C=O) groups is 3. The standard InChI is InChI=1S/C22H23NO5/c1-14(2)12-27-18-7-4-15(5-8-18)22(26)28-13-20(24)16-6-9-19-17(10-16)11-21(25)23(19)3/h4-10,14H,11-13H2,1-3H3. The van der Waals surface area contributed by atoms with E-state index in [4.69, 9.17) is 9.47 Å². The Balaban J connectivity index is 1.57. The summed E-state index contributed by atoms with van der Waals surface area (Å²) in [5.74, 6) is 0.203. The zero-order chi connectivity index (χ0) is 20.3. The van der Waals surface area contributed by atoms with Crippen LogP contribution in [0.2, 0.25) is 0 Å². The molecule has 0 radical (unpaired) electrons. The minimum Gasteiger partial charge on any atom is -0.493 e. The lowest BCUT2D eigenvalue weighted by Gasteiger charge is -2.10. The summed E-state index contributed by atoms with van der Waals surface area (Å²) in [7, 11) is 1.70. The van der Waals surface area contributed by atoms with Gasteiger partial charge in [-0.15, -0.1) is 0 Å². The summed E-state index contributed by atoms with van der Waals surface area (Å²) in [6.45, 7) is 4.35. The van der Waals surface area contributed by atoms with Gasteiger partial charge in [-0.3, -0.25) is 9.59 Å². The number of hydrogen-bond acceptors (Lipinski definition) is 5. The van der Waals surface area contributed by atoms with Crippen LogP contribution in [0.25, 0.3) is 0 Å². The van der Waals surface area contributed by atoms with Crippen LogP contribution in [-0.4, -0.2) is 37.9 Å². The Hall–Kier alpha value is -3.15. The SMILES string of the molecule is CC(C)COc1ccc(C(=O)OCC(=O)c2ccc3c(c2)CC(=O)N3C)cc1. The molecule has 0 fully saturated rings. The molecule has 6 heteroatoms. The third kappa shape index (κ3) is 4.39. The molecule has 0 spiro atoms. The van der Waals surface area contributed by atoms with Gasteiger partial charge in [-0.2, -0.15) is 0 Å². The van der Waals surface area contributed by atoms with Gasteiger partial charge in [0.1, 0.15) is 5.75 Å². The van der Waals surface area contributed by atoms with Crippen molar-refractivity contribution in [2.24, 2.45) is 5.92 Å². The van der Waals surface area contributed by atoms with Gasteiger partial charge < -0.3 is 14.4 Å². The second-order valence-electron chi connectivity index (χ2n) is 7.20. The average molecular weight is 381 g/mol. The van der Waals surface area contributed by atoms with Crippen LogP contribution in [0.15, 0.2) is 42.5 Å². The molecule has 0 aliphatic carbocycles. The molecule has 0 saturated carbocycles. The van der Waals surface area contributed by atoms with Crippen LogP contribution in [0.1, 0.15) is 40.1 Å². The van der Waals surface area contributed by atoms with E-state index < -0.39 is 5.97 Å². The lowest BCUT2D eigenvalue weighted by atomic mass is 10.1. The van der Waals surface area contributed by atoms with Crippen molar-refractivity contribution < 1.29 is 23.9 Å². The van der Waals surface area contributed by atoms with E-state index in [0.717, 1.165) is 11.3 Å². The highest BCUT2D eigenvalue weighted by atomic mass is 16.5. The number of rotatable bonds is 7. The number of ketones is 1. The maximum absolute atomic E-state index is 12.4. The first-order valence-electron chi connectivity index (χ1n) is 9.18. The predicted molar refractivity (Wildman–Crippen MR) is 105 cm³/mol.